The summed E-state index contributed by atoms with van der Waals surface area (Å²) in [4.78, 5) is 4.38. The third-order valence-corrected chi connectivity index (χ3v) is 2.87. The van der Waals surface area contributed by atoms with Gasteiger partial charge < -0.3 is 5.32 Å². The minimum atomic E-state index is 0.629. The summed E-state index contributed by atoms with van der Waals surface area (Å²) < 4.78 is 1.89. The van der Waals surface area contributed by atoms with Crippen LogP contribution in [0.4, 0.5) is 5.82 Å². The van der Waals surface area contributed by atoms with Gasteiger partial charge in [-0.05, 0) is 38.0 Å². The molecule has 0 spiro atoms. The van der Waals surface area contributed by atoms with Crippen LogP contribution in [0.2, 0.25) is 0 Å². The first-order valence-corrected chi connectivity index (χ1v) is 6.30. The molecule has 0 aliphatic carbocycles. The molecule has 0 fully saturated rings. The molecular formula is C14H17N5. The van der Waals surface area contributed by atoms with E-state index in [1.54, 1.807) is 6.20 Å². The van der Waals surface area contributed by atoms with E-state index in [1.165, 1.54) is 0 Å². The monoisotopic (exact) mass is 255 g/mol. The molecule has 0 atom stereocenters. The average Bonchev–Trinajstić information content (AvgIpc) is 2.87. The van der Waals surface area contributed by atoms with E-state index in [2.05, 4.69) is 21.5 Å². The second-order valence-corrected chi connectivity index (χ2v) is 4.47. The molecule has 19 heavy (non-hydrogen) atoms. The second kappa shape index (κ2) is 6.01. The Hall–Kier alpha value is -2.35. The van der Waals surface area contributed by atoms with Crippen molar-refractivity contribution < 1.29 is 0 Å². The minimum Gasteiger partial charge on any atom is -0.369 e. The van der Waals surface area contributed by atoms with Crippen LogP contribution in [0.15, 0.2) is 24.5 Å². The van der Waals surface area contributed by atoms with E-state index in [9.17, 15) is 0 Å². The van der Waals surface area contributed by atoms with Gasteiger partial charge in [0.1, 0.15) is 11.9 Å². The van der Waals surface area contributed by atoms with E-state index in [4.69, 9.17) is 5.26 Å². The van der Waals surface area contributed by atoms with E-state index in [0.717, 1.165) is 30.8 Å². The van der Waals surface area contributed by atoms with Gasteiger partial charge >= 0.3 is 0 Å². The zero-order valence-electron chi connectivity index (χ0n) is 11.2. The fourth-order valence-electron chi connectivity index (χ4n) is 1.99. The first-order chi connectivity index (χ1) is 9.20. The average molecular weight is 255 g/mol. The molecule has 1 N–H and O–H groups in total. The van der Waals surface area contributed by atoms with Crippen LogP contribution in [-0.2, 0) is 6.54 Å². The topological polar surface area (TPSA) is 66.5 Å². The highest BCUT2D eigenvalue weighted by Gasteiger charge is 2.07. The normalized spacial score (nSPS) is 10.2. The number of pyridine rings is 1. The molecule has 5 heteroatoms. The molecular weight excluding hydrogens is 238 g/mol. The zero-order chi connectivity index (χ0) is 13.7. The highest BCUT2D eigenvalue weighted by Crippen LogP contribution is 2.17. The van der Waals surface area contributed by atoms with E-state index in [1.807, 2.05) is 36.9 Å². The lowest BCUT2D eigenvalue weighted by atomic mass is 10.1. The maximum Gasteiger partial charge on any atom is 0.144 e. The molecule has 0 saturated carbocycles. The molecule has 0 bridgehead atoms. The van der Waals surface area contributed by atoms with Crippen molar-refractivity contribution in [3.8, 4) is 6.07 Å². The number of aryl methyl sites for hydroxylation is 3. The first-order valence-electron chi connectivity index (χ1n) is 6.30. The molecule has 0 aliphatic rings. The third kappa shape index (κ3) is 3.32. The van der Waals surface area contributed by atoms with Crippen LogP contribution in [0.5, 0.6) is 0 Å². The number of anilines is 1. The van der Waals surface area contributed by atoms with E-state index >= 15 is 0 Å². The molecule has 0 amide bonds. The zero-order valence-corrected chi connectivity index (χ0v) is 11.2. The van der Waals surface area contributed by atoms with Crippen LogP contribution < -0.4 is 5.32 Å². The van der Waals surface area contributed by atoms with Crippen LogP contribution in [-0.4, -0.2) is 21.3 Å². The van der Waals surface area contributed by atoms with Crippen molar-refractivity contribution in [1.82, 2.24) is 14.8 Å². The van der Waals surface area contributed by atoms with Gasteiger partial charge in [-0.2, -0.15) is 10.4 Å². The van der Waals surface area contributed by atoms with Crippen molar-refractivity contribution in [1.29, 1.82) is 5.26 Å². The van der Waals surface area contributed by atoms with E-state index < -0.39 is 0 Å². The molecule has 0 unspecified atom stereocenters. The Labute approximate surface area is 112 Å². The maximum atomic E-state index is 9.15. The first kappa shape index (κ1) is 13.1. The Morgan fingerprint density at radius 3 is 2.95 bits per heavy atom. The van der Waals surface area contributed by atoms with Gasteiger partial charge in [0, 0.05) is 31.2 Å². The number of nitrogens with one attached hydrogen (secondary N) is 1. The lowest BCUT2D eigenvalue weighted by Gasteiger charge is -2.10. The molecule has 0 radical (unpaired) electrons. The van der Waals surface area contributed by atoms with Crippen molar-refractivity contribution in [3.05, 3.63) is 41.3 Å². The lowest BCUT2D eigenvalue weighted by Crippen LogP contribution is -2.10. The minimum absolute atomic E-state index is 0.629. The van der Waals surface area contributed by atoms with Crippen LogP contribution >= 0.6 is 0 Å². The summed E-state index contributed by atoms with van der Waals surface area (Å²) >= 11 is 0. The highest BCUT2D eigenvalue weighted by atomic mass is 15.3. The largest absolute Gasteiger partial charge is 0.369 e. The number of hydrogen-bond acceptors (Lipinski definition) is 4. The van der Waals surface area contributed by atoms with Crippen LogP contribution in [0, 0.1) is 25.2 Å². The molecule has 0 saturated heterocycles. The fourth-order valence-corrected chi connectivity index (χ4v) is 1.99. The Morgan fingerprint density at radius 2 is 2.26 bits per heavy atom. The Bertz CT molecular complexity index is 581. The highest BCUT2D eigenvalue weighted by molar-refractivity contribution is 5.56. The summed E-state index contributed by atoms with van der Waals surface area (Å²) in [7, 11) is 0. The summed E-state index contributed by atoms with van der Waals surface area (Å²) in [6.07, 6.45) is 4.64. The molecule has 98 valence electrons. The molecule has 0 aromatic carbocycles. The van der Waals surface area contributed by atoms with E-state index in [-0.39, 0.29) is 0 Å². The summed E-state index contributed by atoms with van der Waals surface area (Å²) in [5.41, 5.74) is 2.51. The van der Waals surface area contributed by atoms with Crippen LogP contribution in [0.3, 0.4) is 0 Å². The Morgan fingerprint density at radius 1 is 1.42 bits per heavy atom. The van der Waals surface area contributed by atoms with Crippen LogP contribution in [0.1, 0.15) is 23.2 Å². The summed E-state index contributed by atoms with van der Waals surface area (Å²) in [5, 5.41) is 16.5. The second-order valence-electron chi connectivity index (χ2n) is 4.47. The number of hydrogen-bond donors (Lipinski definition) is 1. The molecule has 0 aliphatic heterocycles. The predicted molar refractivity (Wildman–Crippen MR) is 73.8 cm³/mol. The lowest BCUT2D eigenvalue weighted by molar-refractivity contribution is 0.591. The van der Waals surface area contributed by atoms with Crippen molar-refractivity contribution in [3.63, 3.8) is 0 Å². The number of nitriles is 1. The predicted octanol–water partition coefficient (Wildman–Crippen LogP) is 2.27. The smallest absolute Gasteiger partial charge is 0.144 e. The number of nitrogens with zero attached hydrogens (tertiary/aromatic N) is 4. The molecule has 5 nitrogen and oxygen atoms in total. The fraction of sp³-hybridized carbons (Fsp3) is 0.357. The van der Waals surface area contributed by atoms with Crippen molar-refractivity contribution >= 4 is 5.82 Å². The van der Waals surface area contributed by atoms with Gasteiger partial charge in [0.05, 0.1) is 5.56 Å². The third-order valence-electron chi connectivity index (χ3n) is 2.87. The SMILES string of the molecule is Cc1cc(C)c(C#N)c(NCCCn2cccn2)n1. The van der Waals surface area contributed by atoms with Gasteiger partial charge in [0.25, 0.3) is 0 Å². The summed E-state index contributed by atoms with van der Waals surface area (Å²) in [5.74, 6) is 0.681. The van der Waals surface area contributed by atoms with Gasteiger partial charge in [-0.25, -0.2) is 4.98 Å². The molecule has 2 heterocycles. The standard InChI is InChI=1S/C14H17N5/c1-11-9-12(2)18-14(13(11)10-15)16-5-3-7-19-8-4-6-17-19/h4,6,8-9H,3,5,7H2,1-2H3,(H,16,18). The number of aromatic nitrogens is 3. The Balaban J connectivity index is 1.94. The van der Waals surface area contributed by atoms with Gasteiger partial charge in [0.2, 0.25) is 0 Å². The summed E-state index contributed by atoms with van der Waals surface area (Å²) in [6.45, 7) is 5.49. The van der Waals surface area contributed by atoms with Gasteiger partial charge in [0.15, 0.2) is 0 Å². The molecule has 2 aromatic heterocycles. The Kier molecular flexibility index (Phi) is 4.14. The van der Waals surface area contributed by atoms with Crippen molar-refractivity contribution in [2.24, 2.45) is 0 Å². The summed E-state index contributed by atoms with van der Waals surface area (Å²) in [6, 6.07) is 6.04. The molecule has 2 rings (SSSR count). The van der Waals surface area contributed by atoms with Gasteiger partial charge in [-0.3, -0.25) is 4.68 Å². The number of rotatable bonds is 5. The quantitative estimate of drug-likeness (QED) is 0.832. The van der Waals surface area contributed by atoms with Crippen molar-refractivity contribution in [2.45, 2.75) is 26.8 Å². The van der Waals surface area contributed by atoms with E-state index in [0.29, 0.717) is 11.4 Å². The molecule has 2 aromatic rings. The van der Waals surface area contributed by atoms with Crippen LogP contribution in [0.25, 0.3) is 0 Å². The van der Waals surface area contributed by atoms with Gasteiger partial charge in [-0.1, -0.05) is 0 Å². The van der Waals surface area contributed by atoms with Crippen molar-refractivity contribution in [2.75, 3.05) is 11.9 Å². The maximum absolute atomic E-state index is 9.15. The van der Waals surface area contributed by atoms with Gasteiger partial charge in [-0.15, -0.1) is 0 Å².